The first-order valence-corrected chi connectivity index (χ1v) is 11.7. The number of aliphatic hydroxyl groups is 1. The van der Waals surface area contributed by atoms with Gasteiger partial charge in [-0.15, -0.1) is 0 Å². The summed E-state index contributed by atoms with van der Waals surface area (Å²) in [5, 5.41) is 32.8. The molecule has 6 heteroatoms. The zero-order chi connectivity index (χ0) is 24.5. The molecule has 0 spiro atoms. The summed E-state index contributed by atoms with van der Waals surface area (Å²) in [6, 6.07) is 26.6. The van der Waals surface area contributed by atoms with Gasteiger partial charge in [0.1, 0.15) is 17.9 Å². The Hall–Kier alpha value is -4.34. The number of fused-ring (bicyclic) bond motifs is 2. The van der Waals surface area contributed by atoms with E-state index in [1.165, 1.54) is 0 Å². The Balaban J connectivity index is 1.62. The van der Waals surface area contributed by atoms with Crippen LogP contribution < -0.4 is 0 Å². The van der Waals surface area contributed by atoms with E-state index in [4.69, 9.17) is 0 Å². The third-order valence-corrected chi connectivity index (χ3v) is 6.51. The van der Waals surface area contributed by atoms with Gasteiger partial charge in [0.05, 0.1) is 16.8 Å². The number of aliphatic hydroxyl groups excluding tert-OH is 1. The quantitative estimate of drug-likeness (QED) is 0.308. The van der Waals surface area contributed by atoms with Crippen molar-refractivity contribution in [1.29, 1.82) is 5.26 Å². The van der Waals surface area contributed by atoms with Gasteiger partial charge in [-0.1, -0.05) is 61.9 Å². The monoisotopic (exact) mass is 463 g/mol. The van der Waals surface area contributed by atoms with Crippen LogP contribution in [-0.2, 0) is 6.54 Å². The molecule has 3 aromatic carbocycles. The molecule has 0 aliphatic rings. The van der Waals surface area contributed by atoms with Crippen LogP contribution in [0.4, 0.5) is 0 Å². The van der Waals surface area contributed by atoms with E-state index in [1.807, 2.05) is 69.8 Å². The van der Waals surface area contributed by atoms with Gasteiger partial charge >= 0.3 is 5.97 Å². The number of unbranched alkanes of at least 4 members (excludes halogenated alkanes) is 1. The predicted octanol–water partition coefficient (Wildman–Crippen LogP) is 6.04. The SMILES string of the molecule is CCCCn1c(C(O)c2ccc(-n3c(C#N)cc4ccccc43)cc2)c(C(=O)O)c2ccccc21. The Kier molecular flexibility index (Phi) is 5.86. The van der Waals surface area contributed by atoms with Crippen molar-refractivity contribution in [3.05, 3.63) is 101 Å². The van der Waals surface area contributed by atoms with Crippen molar-refractivity contribution >= 4 is 27.8 Å². The maximum Gasteiger partial charge on any atom is 0.338 e. The van der Waals surface area contributed by atoms with Crippen LogP contribution in [0, 0.1) is 11.3 Å². The molecule has 1 unspecified atom stereocenters. The average Bonchev–Trinajstić information content (AvgIpc) is 3.43. The van der Waals surface area contributed by atoms with E-state index < -0.39 is 12.1 Å². The van der Waals surface area contributed by atoms with Crippen LogP contribution in [0.5, 0.6) is 0 Å². The molecule has 0 radical (unpaired) electrons. The first-order chi connectivity index (χ1) is 17.0. The molecule has 174 valence electrons. The van der Waals surface area contributed by atoms with Crippen LogP contribution >= 0.6 is 0 Å². The normalized spacial score (nSPS) is 12.1. The van der Waals surface area contributed by atoms with Crippen molar-refractivity contribution in [2.24, 2.45) is 0 Å². The first-order valence-electron chi connectivity index (χ1n) is 11.7. The smallest absolute Gasteiger partial charge is 0.338 e. The van der Waals surface area contributed by atoms with Crippen LogP contribution in [-0.4, -0.2) is 25.3 Å². The van der Waals surface area contributed by atoms with Gasteiger partial charge in [-0.25, -0.2) is 4.79 Å². The second-order valence-electron chi connectivity index (χ2n) is 8.62. The second-order valence-corrected chi connectivity index (χ2v) is 8.62. The third-order valence-electron chi connectivity index (χ3n) is 6.51. The summed E-state index contributed by atoms with van der Waals surface area (Å²) in [6.45, 7) is 2.70. The Morgan fingerprint density at radius 2 is 1.69 bits per heavy atom. The second kappa shape index (κ2) is 9.13. The number of carboxylic acid groups (broad SMARTS) is 1. The van der Waals surface area contributed by atoms with E-state index in [2.05, 4.69) is 13.0 Å². The highest BCUT2D eigenvalue weighted by atomic mass is 16.4. The van der Waals surface area contributed by atoms with Crippen molar-refractivity contribution in [2.45, 2.75) is 32.4 Å². The number of hydrogen-bond acceptors (Lipinski definition) is 3. The zero-order valence-corrected chi connectivity index (χ0v) is 19.3. The van der Waals surface area contributed by atoms with Crippen LogP contribution in [0.2, 0.25) is 0 Å². The van der Waals surface area contributed by atoms with E-state index in [1.54, 1.807) is 18.2 Å². The van der Waals surface area contributed by atoms with Crippen LogP contribution in [0.15, 0.2) is 78.9 Å². The van der Waals surface area contributed by atoms with E-state index in [-0.39, 0.29) is 5.56 Å². The van der Waals surface area contributed by atoms with Gasteiger partial charge in [0.2, 0.25) is 0 Å². The molecule has 5 aromatic rings. The lowest BCUT2D eigenvalue weighted by atomic mass is 10.0. The van der Waals surface area contributed by atoms with Crippen molar-refractivity contribution in [1.82, 2.24) is 9.13 Å². The van der Waals surface area contributed by atoms with Crippen LogP contribution in [0.3, 0.4) is 0 Å². The van der Waals surface area contributed by atoms with Gasteiger partial charge < -0.3 is 19.3 Å². The number of benzene rings is 3. The molecular weight excluding hydrogens is 438 g/mol. The van der Waals surface area contributed by atoms with E-state index in [9.17, 15) is 20.3 Å². The van der Waals surface area contributed by atoms with Gasteiger partial charge in [-0.2, -0.15) is 5.26 Å². The predicted molar refractivity (Wildman–Crippen MR) is 136 cm³/mol. The molecule has 0 amide bonds. The molecular formula is C29H25N3O3. The number of nitriles is 1. The summed E-state index contributed by atoms with van der Waals surface area (Å²) < 4.78 is 3.82. The first kappa shape index (κ1) is 22.5. The topological polar surface area (TPSA) is 91.2 Å². The standard InChI is InChI=1S/C29H25N3O3/c1-2-3-16-31-25-11-7-5-9-23(25)26(29(34)35)27(31)28(33)19-12-14-21(15-13-19)32-22(18-30)17-20-8-4-6-10-24(20)32/h4-15,17,28,33H,2-3,16H2,1H3,(H,34,35). The average molecular weight is 464 g/mol. The van der Waals surface area contributed by atoms with E-state index in [0.717, 1.165) is 34.9 Å². The fourth-order valence-electron chi connectivity index (χ4n) is 4.87. The number of aryl methyl sites for hydroxylation is 1. The number of aromatic nitrogens is 2. The minimum absolute atomic E-state index is 0.136. The number of para-hydroxylation sites is 2. The van der Waals surface area contributed by atoms with Gasteiger partial charge in [0.25, 0.3) is 0 Å². The minimum Gasteiger partial charge on any atom is -0.478 e. The molecule has 2 heterocycles. The van der Waals surface area contributed by atoms with Crippen molar-refractivity contribution in [3.8, 4) is 11.8 Å². The summed E-state index contributed by atoms with van der Waals surface area (Å²) >= 11 is 0. The number of carboxylic acids is 1. The molecule has 0 saturated carbocycles. The summed E-state index contributed by atoms with van der Waals surface area (Å²) in [5.41, 5.74) is 4.16. The Morgan fingerprint density at radius 3 is 2.37 bits per heavy atom. The Morgan fingerprint density at radius 1 is 1.00 bits per heavy atom. The summed E-state index contributed by atoms with van der Waals surface area (Å²) in [6.07, 6.45) is 0.704. The van der Waals surface area contributed by atoms with E-state index >= 15 is 0 Å². The summed E-state index contributed by atoms with van der Waals surface area (Å²) in [4.78, 5) is 12.3. The molecule has 35 heavy (non-hydrogen) atoms. The number of carbonyl (C=O) groups is 1. The third kappa shape index (κ3) is 3.76. The van der Waals surface area contributed by atoms with Crippen molar-refractivity contribution < 1.29 is 15.0 Å². The van der Waals surface area contributed by atoms with Gasteiger partial charge in [0.15, 0.2) is 0 Å². The highest BCUT2D eigenvalue weighted by Gasteiger charge is 2.27. The van der Waals surface area contributed by atoms with Crippen LogP contribution in [0.1, 0.15) is 53.2 Å². The lowest BCUT2D eigenvalue weighted by Gasteiger charge is -2.18. The fraction of sp³-hybridized carbons (Fsp3) is 0.172. The molecule has 0 saturated heterocycles. The minimum atomic E-state index is -1.11. The molecule has 2 aromatic heterocycles. The lowest BCUT2D eigenvalue weighted by Crippen LogP contribution is -2.13. The Labute approximate surface area is 202 Å². The van der Waals surface area contributed by atoms with Gasteiger partial charge in [0, 0.05) is 28.5 Å². The summed E-state index contributed by atoms with van der Waals surface area (Å²) in [7, 11) is 0. The van der Waals surface area contributed by atoms with Crippen LogP contribution in [0.25, 0.3) is 27.5 Å². The lowest BCUT2D eigenvalue weighted by molar-refractivity contribution is 0.0692. The molecule has 0 aliphatic heterocycles. The molecule has 0 aliphatic carbocycles. The van der Waals surface area contributed by atoms with Crippen molar-refractivity contribution in [2.75, 3.05) is 0 Å². The van der Waals surface area contributed by atoms with E-state index in [0.29, 0.717) is 28.9 Å². The molecule has 1 atom stereocenters. The van der Waals surface area contributed by atoms with Crippen molar-refractivity contribution in [3.63, 3.8) is 0 Å². The molecule has 0 bridgehead atoms. The highest BCUT2D eigenvalue weighted by molar-refractivity contribution is 6.05. The maximum atomic E-state index is 12.3. The number of nitrogens with zero attached hydrogens (tertiary/aromatic N) is 3. The van der Waals surface area contributed by atoms with Gasteiger partial charge in [-0.05, 0) is 42.3 Å². The number of aromatic carboxylic acids is 1. The molecule has 0 fully saturated rings. The number of rotatable bonds is 7. The Bertz CT molecular complexity index is 1590. The number of hydrogen-bond donors (Lipinski definition) is 2. The molecule has 6 nitrogen and oxygen atoms in total. The molecule has 2 N–H and O–H groups in total. The van der Waals surface area contributed by atoms with Gasteiger partial charge in [-0.3, -0.25) is 0 Å². The largest absolute Gasteiger partial charge is 0.478 e. The fourth-order valence-corrected chi connectivity index (χ4v) is 4.87. The highest BCUT2D eigenvalue weighted by Crippen LogP contribution is 2.35. The zero-order valence-electron chi connectivity index (χ0n) is 19.3. The molecule has 5 rings (SSSR count). The maximum absolute atomic E-state index is 12.3. The summed E-state index contributed by atoms with van der Waals surface area (Å²) in [5.74, 6) is -1.06.